The average molecular weight is 774 g/mol. The SMILES string of the molecule is COc1nc(-c2cccc(-c3ccnc(-c4ccc5c(CNCC(C)O)cn(C)c5c4)c3Cl)c2Cl)ccc1CN(C[C@@H]1CCC(=O)N1)C(=O)OC(C)(C)C. The lowest BCUT2D eigenvalue weighted by molar-refractivity contribution is -0.119. The molecule has 13 heteroatoms. The Morgan fingerprint density at radius 1 is 1.09 bits per heavy atom. The van der Waals surface area contributed by atoms with E-state index in [1.165, 1.54) is 7.11 Å². The predicted molar refractivity (Wildman–Crippen MR) is 213 cm³/mol. The zero-order chi connectivity index (χ0) is 38.7. The van der Waals surface area contributed by atoms with Crippen LogP contribution >= 0.6 is 23.2 Å². The molecule has 3 aromatic heterocycles. The molecule has 0 radical (unpaired) electrons. The normalized spacial score (nSPS) is 15.0. The Hall–Kier alpha value is -4.68. The summed E-state index contributed by atoms with van der Waals surface area (Å²) in [5, 5.41) is 17.9. The van der Waals surface area contributed by atoms with E-state index in [-0.39, 0.29) is 25.0 Å². The van der Waals surface area contributed by atoms with E-state index in [2.05, 4.69) is 38.5 Å². The number of nitrogens with zero attached hydrogens (tertiary/aromatic N) is 4. The summed E-state index contributed by atoms with van der Waals surface area (Å²) in [7, 11) is 3.54. The standard InChI is InChI=1S/C41H46Cl2N6O5/c1-24(50)19-44-20-27-21-48(5)34-18-25(10-13-29(27)34)38-37(43)31(16-17-45-38)30-8-7-9-32(36(30)42)33-14-11-26(39(47-33)53-6)22-49(40(52)54-41(2,3)4)23-28-12-15-35(51)46-28/h7-11,13-14,16-18,21,24,28,44,50H,12,15,19-20,22-23H2,1-6H3,(H,46,51)/t24?,28-/m0/s1. The molecule has 0 saturated carbocycles. The van der Waals surface area contributed by atoms with Gasteiger partial charge in [-0.2, -0.15) is 0 Å². The highest BCUT2D eigenvalue weighted by atomic mass is 35.5. The van der Waals surface area contributed by atoms with Crippen molar-refractivity contribution in [1.29, 1.82) is 0 Å². The zero-order valence-corrected chi connectivity index (χ0v) is 32.9. The Morgan fingerprint density at radius 3 is 2.56 bits per heavy atom. The van der Waals surface area contributed by atoms with E-state index in [0.29, 0.717) is 69.9 Å². The second kappa shape index (κ2) is 16.4. The lowest BCUT2D eigenvalue weighted by Crippen LogP contribution is -2.43. The molecule has 0 spiro atoms. The summed E-state index contributed by atoms with van der Waals surface area (Å²) in [6.07, 6.45) is 3.96. The van der Waals surface area contributed by atoms with Crippen molar-refractivity contribution in [2.24, 2.45) is 7.05 Å². The predicted octanol–water partition coefficient (Wildman–Crippen LogP) is 7.77. The lowest BCUT2D eigenvalue weighted by Gasteiger charge is -2.29. The van der Waals surface area contributed by atoms with E-state index in [1.54, 1.807) is 18.0 Å². The number of benzene rings is 2. The van der Waals surface area contributed by atoms with Gasteiger partial charge in [0.2, 0.25) is 11.8 Å². The Kier molecular flexibility index (Phi) is 11.8. The third-order valence-corrected chi connectivity index (χ3v) is 10.0. The highest BCUT2D eigenvalue weighted by Crippen LogP contribution is 2.42. The van der Waals surface area contributed by atoms with E-state index in [9.17, 15) is 14.7 Å². The van der Waals surface area contributed by atoms with Crippen LogP contribution in [0.5, 0.6) is 5.88 Å². The monoisotopic (exact) mass is 772 g/mol. The Morgan fingerprint density at radius 2 is 1.85 bits per heavy atom. The van der Waals surface area contributed by atoms with E-state index in [0.717, 1.165) is 27.6 Å². The number of aryl methyl sites for hydroxylation is 1. The Balaban J connectivity index is 1.28. The first-order valence-electron chi connectivity index (χ1n) is 17.9. The van der Waals surface area contributed by atoms with Crippen molar-refractivity contribution in [3.63, 3.8) is 0 Å². The fourth-order valence-electron chi connectivity index (χ4n) is 6.69. The molecule has 1 unspecified atom stereocenters. The number of carbonyl (C=O) groups excluding carboxylic acids is 2. The number of ether oxygens (including phenoxy) is 2. The van der Waals surface area contributed by atoms with Crippen LogP contribution in [-0.2, 0) is 29.7 Å². The van der Waals surface area contributed by atoms with Crippen LogP contribution in [0.3, 0.4) is 0 Å². The summed E-state index contributed by atoms with van der Waals surface area (Å²) >= 11 is 14.3. The van der Waals surface area contributed by atoms with Crippen LogP contribution in [0.4, 0.5) is 4.79 Å². The molecule has 3 N–H and O–H groups in total. The van der Waals surface area contributed by atoms with Crippen molar-refractivity contribution in [3.05, 3.63) is 88.2 Å². The number of halogens is 2. The molecule has 1 saturated heterocycles. The van der Waals surface area contributed by atoms with Crippen molar-refractivity contribution >= 4 is 46.1 Å². The number of amides is 2. The highest BCUT2D eigenvalue weighted by Gasteiger charge is 2.29. The van der Waals surface area contributed by atoms with Gasteiger partial charge in [-0.05, 0) is 63.9 Å². The van der Waals surface area contributed by atoms with Crippen molar-refractivity contribution in [3.8, 4) is 39.5 Å². The summed E-state index contributed by atoms with van der Waals surface area (Å²) < 4.78 is 13.5. The van der Waals surface area contributed by atoms with E-state index in [1.807, 2.05) is 70.3 Å². The molecule has 284 valence electrons. The van der Waals surface area contributed by atoms with Gasteiger partial charge in [0.15, 0.2) is 0 Å². The van der Waals surface area contributed by atoms with Crippen LogP contribution in [0.1, 0.15) is 51.7 Å². The smallest absolute Gasteiger partial charge is 0.410 e. The summed E-state index contributed by atoms with van der Waals surface area (Å²) in [6, 6.07) is 17.2. The minimum atomic E-state index is -0.696. The zero-order valence-electron chi connectivity index (χ0n) is 31.4. The molecular weight excluding hydrogens is 727 g/mol. The molecule has 6 rings (SSSR count). The molecule has 4 heterocycles. The molecule has 1 fully saturated rings. The van der Waals surface area contributed by atoms with E-state index < -0.39 is 17.8 Å². The van der Waals surface area contributed by atoms with Gasteiger partial charge in [0, 0.05) is 90.3 Å². The van der Waals surface area contributed by atoms with Gasteiger partial charge in [0.25, 0.3) is 0 Å². The quantitative estimate of drug-likeness (QED) is 0.117. The Bertz CT molecular complexity index is 2180. The van der Waals surface area contributed by atoms with E-state index in [4.69, 9.17) is 37.7 Å². The van der Waals surface area contributed by atoms with Crippen molar-refractivity contribution < 1.29 is 24.2 Å². The van der Waals surface area contributed by atoms with Gasteiger partial charge in [0.1, 0.15) is 5.60 Å². The first-order valence-corrected chi connectivity index (χ1v) is 18.7. The number of aromatic nitrogens is 3. The van der Waals surface area contributed by atoms with Crippen LogP contribution < -0.4 is 15.4 Å². The molecule has 1 aliphatic heterocycles. The lowest BCUT2D eigenvalue weighted by atomic mass is 9.99. The first kappa shape index (κ1) is 39.0. The largest absolute Gasteiger partial charge is 0.481 e. The first-order chi connectivity index (χ1) is 25.7. The van der Waals surface area contributed by atoms with Gasteiger partial charge in [0.05, 0.1) is 41.2 Å². The highest BCUT2D eigenvalue weighted by molar-refractivity contribution is 6.39. The molecule has 0 aliphatic carbocycles. The molecule has 11 nitrogen and oxygen atoms in total. The maximum absolute atomic E-state index is 13.3. The van der Waals surface area contributed by atoms with Gasteiger partial charge in [-0.3, -0.25) is 9.78 Å². The fourth-order valence-corrected chi connectivity index (χ4v) is 7.34. The molecular formula is C41H46Cl2N6O5. The number of aliphatic hydroxyl groups is 1. The van der Waals surface area contributed by atoms with Crippen molar-refractivity contribution in [1.82, 2.24) is 30.1 Å². The van der Waals surface area contributed by atoms with Crippen LogP contribution in [-0.4, -0.2) is 74.5 Å². The van der Waals surface area contributed by atoms with Gasteiger partial charge >= 0.3 is 6.09 Å². The molecule has 2 aromatic carbocycles. The second-order valence-electron chi connectivity index (χ2n) is 14.7. The summed E-state index contributed by atoms with van der Waals surface area (Å²) in [4.78, 5) is 36.3. The molecule has 0 bridgehead atoms. The molecule has 5 aromatic rings. The molecule has 2 atom stereocenters. The molecule has 1 aliphatic rings. The Labute approximate surface area is 325 Å². The second-order valence-corrected chi connectivity index (χ2v) is 15.5. The summed E-state index contributed by atoms with van der Waals surface area (Å²) in [6.45, 7) is 8.81. The number of methoxy groups -OCH3 is 1. The number of rotatable bonds is 12. The number of carbonyl (C=O) groups is 2. The summed E-state index contributed by atoms with van der Waals surface area (Å²) in [5.74, 6) is 0.304. The maximum atomic E-state index is 13.3. The van der Waals surface area contributed by atoms with Crippen LogP contribution in [0, 0.1) is 0 Å². The number of aliphatic hydroxyl groups excluding tert-OH is 1. The number of nitrogens with one attached hydrogen (secondary N) is 2. The van der Waals surface area contributed by atoms with Crippen molar-refractivity contribution in [2.45, 2.75) is 71.4 Å². The van der Waals surface area contributed by atoms with Gasteiger partial charge in [-0.15, -0.1) is 0 Å². The third kappa shape index (κ3) is 8.81. The number of hydrogen-bond acceptors (Lipinski definition) is 8. The minimum absolute atomic E-state index is 0.0299. The van der Waals surface area contributed by atoms with Crippen molar-refractivity contribution in [2.75, 3.05) is 20.2 Å². The molecule has 2 amide bonds. The van der Waals surface area contributed by atoms with Crippen LogP contribution in [0.15, 0.2) is 67.0 Å². The maximum Gasteiger partial charge on any atom is 0.410 e. The minimum Gasteiger partial charge on any atom is -0.481 e. The topological polar surface area (TPSA) is 131 Å². The summed E-state index contributed by atoms with van der Waals surface area (Å²) in [5.41, 5.74) is 6.32. The van der Waals surface area contributed by atoms with Gasteiger partial charge in [-0.25, -0.2) is 9.78 Å². The third-order valence-electron chi connectivity index (χ3n) is 9.23. The number of fused-ring (bicyclic) bond motifs is 1. The van der Waals surface area contributed by atoms with E-state index >= 15 is 0 Å². The average Bonchev–Trinajstić information content (AvgIpc) is 3.68. The molecule has 54 heavy (non-hydrogen) atoms. The fraction of sp³-hybridized carbons (Fsp3) is 0.366. The number of pyridine rings is 2. The van der Waals surface area contributed by atoms with Crippen LogP contribution in [0.2, 0.25) is 10.0 Å². The number of hydrogen-bond donors (Lipinski definition) is 3. The van der Waals surface area contributed by atoms with Gasteiger partial charge in [-0.1, -0.05) is 53.5 Å². The van der Waals surface area contributed by atoms with Crippen LogP contribution in [0.25, 0.3) is 44.5 Å². The van der Waals surface area contributed by atoms with Gasteiger partial charge < -0.3 is 34.7 Å².